The smallest absolute Gasteiger partial charge is 0.259 e. The molecule has 0 radical (unpaired) electrons. The lowest BCUT2D eigenvalue weighted by molar-refractivity contribution is 0.598. The number of rotatable bonds is 2. The van der Waals surface area contributed by atoms with E-state index in [0.717, 1.165) is 0 Å². The summed E-state index contributed by atoms with van der Waals surface area (Å²) in [6.07, 6.45) is 0. The van der Waals surface area contributed by atoms with E-state index in [2.05, 4.69) is 9.97 Å². The zero-order valence-electron chi connectivity index (χ0n) is 10.8. The fraction of sp³-hybridized carbons (Fsp3) is 0. The van der Waals surface area contributed by atoms with Crippen LogP contribution in [0.2, 0.25) is 0 Å². The van der Waals surface area contributed by atoms with Gasteiger partial charge in [0.05, 0.1) is 15.8 Å². The number of hydrogen-bond donors (Lipinski definition) is 2. The maximum Gasteiger partial charge on any atom is 0.259 e. The van der Waals surface area contributed by atoms with Crippen LogP contribution >= 0.6 is 0 Å². The highest BCUT2D eigenvalue weighted by molar-refractivity contribution is 7.89. The Morgan fingerprint density at radius 1 is 1.00 bits per heavy atom. The van der Waals surface area contributed by atoms with Gasteiger partial charge in [-0.25, -0.2) is 18.5 Å². The molecule has 0 unspecified atom stereocenters. The Kier molecular flexibility index (Phi) is 3.08. The van der Waals surface area contributed by atoms with Gasteiger partial charge in [-0.15, -0.1) is 0 Å². The zero-order chi connectivity index (χ0) is 15.0. The summed E-state index contributed by atoms with van der Waals surface area (Å²) < 4.78 is 22.4. The van der Waals surface area contributed by atoms with E-state index in [0.29, 0.717) is 22.3 Å². The van der Waals surface area contributed by atoms with E-state index in [1.165, 1.54) is 12.1 Å². The minimum absolute atomic E-state index is 0.00869. The Morgan fingerprint density at radius 3 is 2.33 bits per heavy atom. The highest BCUT2D eigenvalue weighted by atomic mass is 32.2. The number of hydrogen-bond acceptors (Lipinski definition) is 4. The SMILES string of the molecule is NS(=O)(=O)c1ccc(-c2nc3ccccc3c(=O)[nH]2)cc1. The van der Waals surface area contributed by atoms with Gasteiger partial charge in [0.1, 0.15) is 5.82 Å². The van der Waals surface area contributed by atoms with E-state index in [1.807, 2.05) is 0 Å². The Morgan fingerprint density at radius 2 is 1.67 bits per heavy atom. The average Bonchev–Trinajstić information content (AvgIpc) is 2.46. The van der Waals surface area contributed by atoms with Crippen molar-refractivity contribution in [2.75, 3.05) is 0 Å². The number of sulfonamides is 1. The lowest BCUT2D eigenvalue weighted by atomic mass is 10.2. The fourth-order valence-corrected chi connectivity index (χ4v) is 2.54. The van der Waals surface area contributed by atoms with Crippen LogP contribution in [0.25, 0.3) is 22.3 Å². The molecule has 1 aromatic heterocycles. The molecule has 106 valence electrons. The number of aromatic amines is 1. The lowest BCUT2D eigenvalue weighted by Gasteiger charge is -2.04. The molecule has 3 N–H and O–H groups in total. The predicted molar refractivity (Wildman–Crippen MR) is 79.2 cm³/mol. The summed E-state index contributed by atoms with van der Waals surface area (Å²) in [5, 5.41) is 5.55. The highest BCUT2D eigenvalue weighted by Gasteiger charge is 2.09. The van der Waals surface area contributed by atoms with Crippen molar-refractivity contribution in [1.29, 1.82) is 0 Å². The first kappa shape index (κ1) is 13.5. The molecular weight excluding hydrogens is 290 g/mol. The molecule has 3 aromatic rings. The first-order valence-corrected chi connectivity index (χ1v) is 7.62. The van der Waals surface area contributed by atoms with Crippen molar-refractivity contribution in [3.63, 3.8) is 0 Å². The summed E-state index contributed by atoms with van der Waals surface area (Å²) in [5.74, 6) is 0.375. The average molecular weight is 301 g/mol. The minimum atomic E-state index is -3.74. The van der Waals surface area contributed by atoms with Crippen LogP contribution in [0.15, 0.2) is 58.2 Å². The summed E-state index contributed by atoms with van der Waals surface area (Å²) >= 11 is 0. The van der Waals surface area contributed by atoms with Crippen molar-refractivity contribution in [3.05, 3.63) is 58.9 Å². The number of primary sulfonamides is 1. The Bertz CT molecular complexity index is 976. The molecule has 6 nitrogen and oxygen atoms in total. The summed E-state index contributed by atoms with van der Waals surface area (Å²) in [4.78, 5) is 19.0. The van der Waals surface area contributed by atoms with Crippen molar-refractivity contribution in [1.82, 2.24) is 9.97 Å². The van der Waals surface area contributed by atoms with Crippen LogP contribution in [0.1, 0.15) is 0 Å². The molecule has 0 aliphatic heterocycles. The molecule has 21 heavy (non-hydrogen) atoms. The summed E-state index contributed by atoms with van der Waals surface area (Å²) in [6.45, 7) is 0. The van der Waals surface area contributed by atoms with Crippen molar-refractivity contribution in [3.8, 4) is 11.4 Å². The van der Waals surface area contributed by atoms with Gasteiger partial charge in [0, 0.05) is 5.56 Å². The number of benzene rings is 2. The molecule has 0 spiro atoms. The Labute approximate surface area is 120 Å². The third-order valence-corrected chi connectivity index (χ3v) is 4.00. The molecule has 0 bridgehead atoms. The van der Waals surface area contributed by atoms with Crippen LogP contribution in [0.3, 0.4) is 0 Å². The topological polar surface area (TPSA) is 106 Å². The van der Waals surface area contributed by atoms with E-state index in [9.17, 15) is 13.2 Å². The van der Waals surface area contributed by atoms with Crippen LogP contribution in [0.5, 0.6) is 0 Å². The van der Waals surface area contributed by atoms with Gasteiger partial charge in [-0.1, -0.05) is 12.1 Å². The molecule has 0 saturated heterocycles. The number of nitrogens with one attached hydrogen (secondary N) is 1. The molecule has 0 atom stereocenters. The van der Waals surface area contributed by atoms with E-state index >= 15 is 0 Å². The summed E-state index contributed by atoms with van der Waals surface area (Å²) in [7, 11) is -3.74. The van der Waals surface area contributed by atoms with E-state index < -0.39 is 10.0 Å². The molecule has 0 aliphatic rings. The standard InChI is InChI=1S/C14H11N3O3S/c15-21(19,20)10-7-5-9(6-8-10)13-16-12-4-2-1-3-11(12)14(18)17-13/h1-8H,(H2,15,19,20)(H,16,17,18). The largest absolute Gasteiger partial charge is 0.306 e. The van der Waals surface area contributed by atoms with Crippen LogP contribution in [-0.2, 0) is 10.0 Å². The molecule has 1 heterocycles. The third-order valence-electron chi connectivity index (χ3n) is 3.07. The van der Waals surface area contributed by atoms with Crippen LogP contribution in [-0.4, -0.2) is 18.4 Å². The van der Waals surface area contributed by atoms with Crippen molar-refractivity contribution < 1.29 is 8.42 Å². The van der Waals surface area contributed by atoms with Crippen molar-refractivity contribution in [2.45, 2.75) is 4.90 Å². The zero-order valence-corrected chi connectivity index (χ0v) is 11.6. The second-order valence-corrected chi connectivity index (χ2v) is 6.06. The molecule has 2 aromatic carbocycles. The van der Waals surface area contributed by atoms with E-state index in [1.54, 1.807) is 36.4 Å². The number of nitrogens with zero attached hydrogens (tertiary/aromatic N) is 1. The van der Waals surface area contributed by atoms with Crippen molar-refractivity contribution in [2.24, 2.45) is 5.14 Å². The number of aromatic nitrogens is 2. The molecular formula is C14H11N3O3S. The number of nitrogens with two attached hydrogens (primary N) is 1. The maximum atomic E-state index is 12.0. The predicted octanol–water partition coefficient (Wildman–Crippen LogP) is 1.24. The molecule has 7 heteroatoms. The normalized spacial score (nSPS) is 11.7. The number of H-pyrrole nitrogens is 1. The molecule has 0 aliphatic carbocycles. The van der Waals surface area contributed by atoms with Gasteiger partial charge in [0.25, 0.3) is 5.56 Å². The van der Waals surface area contributed by atoms with Gasteiger partial charge >= 0.3 is 0 Å². The quantitative estimate of drug-likeness (QED) is 0.742. The van der Waals surface area contributed by atoms with Gasteiger partial charge in [-0.2, -0.15) is 0 Å². The van der Waals surface area contributed by atoms with Crippen LogP contribution < -0.4 is 10.7 Å². The first-order valence-electron chi connectivity index (χ1n) is 6.07. The van der Waals surface area contributed by atoms with Crippen LogP contribution in [0, 0.1) is 0 Å². The summed E-state index contributed by atoms with van der Waals surface area (Å²) in [5.41, 5.74) is 0.933. The lowest BCUT2D eigenvalue weighted by Crippen LogP contribution is -2.12. The highest BCUT2D eigenvalue weighted by Crippen LogP contribution is 2.18. The Balaban J connectivity index is 2.15. The van der Waals surface area contributed by atoms with Gasteiger partial charge in [-0.05, 0) is 36.4 Å². The molecule has 0 amide bonds. The Hall–Kier alpha value is -2.51. The number of fused-ring (bicyclic) bond motifs is 1. The van der Waals surface area contributed by atoms with Crippen molar-refractivity contribution >= 4 is 20.9 Å². The van der Waals surface area contributed by atoms with Gasteiger partial charge in [0.15, 0.2) is 0 Å². The van der Waals surface area contributed by atoms with Gasteiger partial charge in [0.2, 0.25) is 10.0 Å². The minimum Gasteiger partial charge on any atom is -0.306 e. The molecule has 3 rings (SSSR count). The van der Waals surface area contributed by atoms with E-state index in [4.69, 9.17) is 5.14 Å². The molecule has 0 fully saturated rings. The first-order chi connectivity index (χ1) is 9.95. The number of para-hydroxylation sites is 1. The van der Waals surface area contributed by atoms with Gasteiger partial charge < -0.3 is 4.98 Å². The molecule has 0 saturated carbocycles. The van der Waals surface area contributed by atoms with Gasteiger partial charge in [-0.3, -0.25) is 4.79 Å². The maximum absolute atomic E-state index is 12.0. The second-order valence-electron chi connectivity index (χ2n) is 4.50. The summed E-state index contributed by atoms with van der Waals surface area (Å²) in [6, 6.07) is 12.8. The van der Waals surface area contributed by atoms with Crippen LogP contribution in [0.4, 0.5) is 0 Å². The monoisotopic (exact) mass is 301 g/mol. The third kappa shape index (κ3) is 2.56. The second kappa shape index (κ2) is 4.80. The van der Waals surface area contributed by atoms with E-state index in [-0.39, 0.29) is 10.5 Å². The fourth-order valence-electron chi connectivity index (χ4n) is 2.03.